The molecule has 0 aromatic heterocycles. The second-order valence-corrected chi connectivity index (χ2v) is 1.24. The van der Waals surface area contributed by atoms with Crippen LogP contribution in [0.2, 0.25) is 0 Å². The summed E-state index contributed by atoms with van der Waals surface area (Å²) >= 11 is 0. The van der Waals surface area contributed by atoms with Gasteiger partial charge in [-0.3, -0.25) is 0 Å². The Bertz CT molecular complexity index is 73.7. The molecule has 27 valence electrons. The number of hydrogen-bond acceptors (Lipinski definition) is 1. The van der Waals surface area contributed by atoms with Gasteiger partial charge in [0.25, 0.3) is 0 Å². The van der Waals surface area contributed by atoms with Crippen molar-refractivity contribution >= 4 is 0 Å². The van der Waals surface area contributed by atoms with E-state index in [1.165, 1.54) is 5.70 Å². The third-order valence-corrected chi connectivity index (χ3v) is 0.728. The molecule has 0 aliphatic carbocycles. The van der Waals surface area contributed by atoms with Crippen LogP contribution >= 0.6 is 0 Å². The van der Waals surface area contributed by atoms with E-state index in [9.17, 15) is 0 Å². The van der Waals surface area contributed by atoms with Crippen LogP contribution in [-0.4, -0.2) is 4.90 Å². The molecule has 5 heavy (non-hydrogen) atoms. The van der Waals surface area contributed by atoms with Gasteiger partial charge in [0.1, 0.15) is 0 Å². The molecule has 0 bridgehead atoms. The molecule has 1 nitrogen and oxygen atoms in total. The predicted molar refractivity (Wildman–Crippen MR) is 21.0 cm³/mol. The lowest BCUT2D eigenvalue weighted by Gasteiger charge is -1.81. The van der Waals surface area contributed by atoms with E-state index in [0.29, 0.717) is 0 Å². The summed E-state index contributed by atoms with van der Waals surface area (Å²) in [5, 5.41) is 0. The molecule has 0 saturated heterocycles. The van der Waals surface area contributed by atoms with Crippen molar-refractivity contribution in [2.45, 2.75) is 6.92 Å². The molecule has 0 atom stereocenters. The molecule has 0 unspecified atom stereocenters. The molecule has 0 fully saturated rings. The number of hydrogen-bond donors (Lipinski definition) is 0. The van der Waals surface area contributed by atoms with Crippen molar-refractivity contribution in [1.29, 1.82) is 0 Å². The number of allylic oxidation sites excluding steroid dienone is 1. The van der Waals surface area contributed by atoms with E-state index in [2.05, 4.69) is 7.05 Å². The standard InChI is InChI=1S/C4H6N/c1-4-3-5(4)2/h3H,2H2,1H3. The van der Waals surface area contributed by atoms with Gasteiger partial charge in [-0.25, -0.2) is 0 Å². The van der Waals surface area contributed by atoms with Crippen LogP contribution in [0.15, 0.2) is 11.9 Å². The first-order valence-corrected chi connectivity index (χ1v) is 1.59. The number of rotatable bonds is 0. The Balaban J connectivity index is 2.38. The normalized spacial score (nSPS) is 18.8. The van der Waals surface area contributed by atoms with E-state index >= 15 is 0 Å². The summed E-state index contributed by atoms with van der Waals surface area (Å²) in [5.74, 6) is 0. The van der Waals surface area contributed by atoms with Crippen LogP contribution in [0, 0.1) is 7.05 Å². The second kappa shape index (κ2) is 0.534. The Hall–Kier alpha value is -0.460. The Morgan fingerprint density at radius 2 is 2.20 bits per heavy atom. The Morgan fingerprint density at radius 3 is 2.20 bits per heavy atom. The molecule has 1 aliphatic heterocycles. The van der Waals surface area contributed by atoms with Crippen LogP contribution in [0.5, 0.6) is 0 Å². The average molecular weight is 68.1 g/mol. The quantitative estimate of drug-likeness (QED) is 0.408. The first kappa shape index (κ1) is 2.76. The Labute approximate surface area is 31.9 Å². The third kappa shape index (κ3) is 0.274. The SMILES string of the molecule is [CH2]N1C=C1C. The maximum absolute atomic E-state index is 3.57. The van der Waals surface area contributed by atoms with Crippen molar-refractivity contribution in [2.75, 3.05) is 0 Å². The van der Waals surface area contributed by atoms with Gasteiger partial charge in [-0.1, -0.05) is 0 Å². The van der Waals surface area contributed by atoms with Crippen LogP contribution in [0.1, 0.15) is 6.92 Å². The van der Waals surface area contributed by atoms with Gasteiger partial charge in [0.15, 0.2) is 0 Å². The lowest BCUT2D eigenvalue weighted by Crippen LogP contribution is -1.75. The fourth-order valence-electron chi connectivity index (χ4n) is 0.197. The molecule has 0 N–H and O–H groups in total. The third-order valence-electron chi connectivity index (χ3n) is 0.728. The van der Waals surface area contributed by atoms with Gasteiger partial charge in [0.2, 0.25) is 0 Å². The highest BCUT2D eigenvalue weighted by atomic mass is 15.2. The van der Waals surface area contributed by atoms with Crippen LogP contribution in [0.4, 0.5) is 0 Å². The van der Waals surface area contributed by atoms with Crippen LogP contribution in [-0.2, 0) is 0 Å². The van der Waals surface area contributed by atoms with Crippen LogP contribution in [0.25, 0.3) is 0 Å². The summed E-state index contributed by atoms with van der Waals surface area (Å²) in [5.41, 5.74) is 1.27. The molecular weight excluding hydrogens is 62.1 g/mol. The highest BCUT2D eigenvalue weighted by molar-refractivity contribution is 5.15. The molecular formula is C4H6N. The van der Waals surface area contributed by atoms with Gasteiger partial charge < -0.3 is 4.90 Å². The Morgan fingerprint density at radius 1 is 2.00 bits per heavy atom. The number of nitrogens with zero attached hydrogens (tertiary/aromatic N) is 1. The maximum Gasteiger partial charge on any atom is 0.0403 e. The van der Waals surface area contributed by atoms with Gasteiger partial charge in [0, 0.05) is 18.9 Å². The second-order valence-electron chi connectivity index (χ2n) is 1.24. The fourth-order valence-corrected chi connectivity index (χ4v) is 0.197. The minimum absolute atomic E-state index is 1.27. The van der Waals surface area contributed by atoms with E-state index in [4.69, 9.17) is 0 Å². The lowest BCUT2D eigenvalue weighted by molar-refractivity contribution is 0.786. The fraction of sp³-hybridized carbons (Fsp3) is 0.250. The van der Waals surface area contributed by atoms with Gasteiger partial charge in [0.05, 0.1) is 0 Å². The van der Waals surface area contributed by atoms with Crippen molar-refractivity contribution in [3.8, 4) is 0 Å². The van der Waals surface area contributed by atoms with E-state index in [-0.39, 0.29) is 0 Å². The topological polar surface area (TPSA) is 3.01 Å². The van der Waals surface area contributed by atoms with Gasteiger partial charge in [-0.2, -0.15) is 0 Å². The molecule has 0 amide bonds. The summed E-state index contributed by atoms with van der Waals surface area (Å²) < 4.78 is 0. The summed E-state index contributed by atoms with van der Waals surface area (Å²) in [4.78, 5) is 1.83. The van der Waals surface area contributed by atoms with E-state index in [0.717, 1.165) is 0 Å². The van der Waals surface area contributed by atoms with Gasteiger partial charge >= 0.3 is 0 Å². The summed E-state index contributed by atoms with van der Waals surface area (Å²) in [7, 11) is 3.57. The zero-order valence-electron chi connectivity index (χ0n) is 3.23. The molecule has 0 aromatic rings. The summed E-state index contributed by atoms with van der Waals surface area (Å²) in [6.45, 7) is 2.02. The first-order chi connectivity index (χ1) is 2.30. The zero-order valence-corrected chi connectivity index (χ0v) is 3.23. The van der Waals surface area contributed by atoms with Crippen molar-refractivity contribution in [2.24, 2.45) is 0 Å². The maximum atomic E-state index is 3.57. The smallest absolute Gasteiger partial charge is 0.0403 e. The van der Waals surface area contributed by atoms with Gasteiger partial charge in [-0.05, 0) is 6.92 Å². The molecule has 1 heteroatoms. The average Bonchev–Trinajstić information content (AvgIpc) is 1.79. The lowest BCUT2D eigenvalue weighted by atomic mass is 10.7. The van der Waals surface area contributed by atoms with E-state index < -0.39 is 0 Å². The largest absolute Gasteiger partial charge is 0.347 e. The summed E-state index contributed by atoms with van der Waals surface area (Å²) in [6, 6.07) is 0. The highest BCUT2D eigenvalue weighted by Crippen LogP contribution is 2.15. The molecule has 0 saturated carbocycles. The molecule has 1 rings (SSSR count). The van der Waals surface area contributed by atoms with Crippen LogP contribution in [0.3, 0.4) is 0 Å². The Kier molecular flexibility index (Phi) is 0.295. The van der Waals surface area contributed by atoms with Crippen molar-refractivity contribution in [3.63, 3.8) is 0 Å². The van der Waals surface area contributed by atoms with E-state index in [1.807, 2.05) is 18.0 Å². The van der Waals surface area contributed by atoms with Crippen LogP contribution < -0.4 is 0 Å². The van der Waals surface area contributed by atoms with E-state index in [1.54, 1.807) is 0 Å². The minimum Gasteiger partial charge on any atom is -0.347 e. The predicted octanol–water partition coefficient (Wildman–Crippen LogP) is 0.955. The molecule has 1 aliphatic rings. The van der Waals surface area contributed by atoms with Gasteiger partial charge in [-0.15, -0.1) is 0 Å². The molecule has 1 radical (unpaired) electrons. The highest BCUT2D eigenvalue weighted by Gasteiger charge is 2.05. The minimum atomic E-state index is 1.27. The zero-order chi connectivity index (χ0) is 3.86. The molecule has 1 heterocycles. The monoisotopic (exact) mass is 68.1 g/mol. The molecule has 0 aromatic carbocycles. The first-order valence-electron chi connectivity index (χ1n) is 1.59. The van der Waals surface area contributed by atoms with Crippen molar-refractivity contribution in [1.82, 2.24) is 4.90 Å². The van der Waals surface area contributed by atoms with Crippen molar-refractivity contribution < 1.29 is 0 Å². The van der Waals surface area contributed by atoms with Crippen molar-refractivity contribution in [3.05, 3.63) is 18.9 Å². The summed E-state index contributed by atoms with van der Waals surface area (Å²) in [6.07, 6.45) is 1.97. The molecule has 0 spiro atoms.